The second-order valence-electron chi connectivity index (χ2n) is 6.11. The summed E-state index contributed by atoms with van der Waals surface area (Å²) in [4.78, 5) is 25.0. The number of hydrogen-bond acceptors (Lipinski definition) is 6. The molecular weight excluding hydrogens is 365 g/mol. The topological polar surface area (TPSA) is 61.4 Å². The van der Waals surface area contributed by atoms with E-state index in [0.717, 1.165) is 0 Å². The lowest BCUT2D eigenvalue weighted by Gasteiger charge is -2.35. The highest BCUT2D eigenvalue weighted by Gasteiger charge is 2.25. The van der Waals surface area contributed by atoms with Gasteiger partial charge in [0.25, 0.3) is 5.91 Å². The Morgan fingerprint density at radius 3 is 2.59 bits per heavy atom. The van der Waals surface area contributed by atoms with E-state index in [-0.39, 0.29) is 11.7 Å². The third-order valence-electron chi connectivity index (χ3n) is 4.38. The van der Waals surface area contributed by atoms with Crippen molar-refractivity contribution in [3.8, 4) is 0 Å². The highest BCUT2D eigenvalue weighted by atomic mass is 32.1. The van der Waals surface area contributed by atoms with Crippen molar-refractivity contribution in [1.82, 2.24) is 14.9 Å². The zero-order valence-electron chi connectivity index (χ0n) is 14.5. The van der Waals surface area contributed by atoms with Crippen LogP contribution in [0.5, 0.6) is 0 Å². The van der Waals surface area contributed by atoms with Gasteiger partial charge in [-0.05, 0) is 24.3 Å². The Kier molecular flexibility index (Phi) is 4.97. The van der Waals surface area contributed by atoms with Crippen molar-refractivity contribution < 1.29 is 9.18 Å². The summed E-state index contributed by atoms with van der Waals surface area (Å²) in [5.74, 6) is 0.347. The first-order valence-electron chi connectivity index (χ1n) is 8.63. The average molecular weight is 383 g/mol. The molecular formula is C19H18FN5OS. The summed E-state index contributed by atoms with van der Waals surface area (Å²) in [5, 5.41) is 5.47. The van der Waals surface area contributed by atoms with E-state index in [1.54, 1.807) is 28.6 Å². The van der Waals surface area contributed by atoms with Gasteiger partial charge in [0.05, 0.1) is 5.69 Å². The van der Waals surface area contributed by atoms with Crippen LogP contribution in [0.25, 0.3) is 0 Å². The van der Waals surface area contributed by atoms with Crippen molar-refractivity contribution in [3.63, 3.8) is 0 Å². The van der Waals surface area contributed by atoms with Gasteiger partial charge in [0.1, 0.15) is 17.3 Å². The molecule has 1 amide bonds. The zero-order chi connectivity index (χ0) is 18.6. The third kappa shape index (κ3) is 3.90. The summed E-state index contributed by atoms with van der Waals surface area (Å²) in [6.07, 6.45) is 1.69. The number of amides is 1. The Hall–Kier alpha value is -3.00. The Morgan fingerprint density at radius 1 is 1.07 bits per heavy atom. The van der Waals surface area contributed by atoms with Crippen molar-refractivity contribution >= 4 is 33.9 Å². The average Bonchev–Trinajstić information content (AvgIpc) is 3.17. The molecule has 27 heavy (non-hydrogen) atoms. The van der Waals surface area contributed by atoms with Crippen molar-refractivity contribution in [2.75, 3.05) is 36.4 Å². The largest absolute Gasteiger partial charge is 0.366 e. The quantitative estimate of drug-likeness (QED) is 0.748. The highest BCUT2D eigenvalue weighted by Crippen LogP contribution is 2.23. The molecule has 4 rings (SSSR count). The van der Waals surface area contributed by atoms with Crippen LogP contribution < -0.4 is 10.2 Å². The second-order valence-corrected chi connectivity index (χ2v) is 6.97. The number of aromatic nitrogens is 2. The zero-order valence-corrected chi connectivity index (χ0v) is 15.3. The number of piperazine rings is 1. The number of carbonyl (C=O) groups is 1. The summed E-state index contributed by atoms with van der Waals surface area (Å²) >= 11 is 1.37. The molecule has 1 aliphatic rings. The van der Waals surface area contributed by atoms with E-state index in [0.29, 0.717) is 48.5 Å². The molecule has 3 aromatic rings. The minimum atomic E-state index is -0.234. The lowest BCUT2D eigenvalue weighted by molar-refractivity contribution is 0.0741. The number of anilines is 3. The lowest BCUT2D eigenvalue weighted by atomic mass is 10.2. The molecule has 1 N–H and O–H groups in total. The van der Waals surface area contributed by atoms with Crippen LogP contribution in [0.4, 0.5) is 21.0 Å². The fourth-order valence-electron chi connectivity index (χ4n) is 3.00. The number of para-hydroxylation sites is 1. The summed E-state index contributed by atoms with van der Waals surface area (Å²) in [5.41, 5.74) is 0.998. The molecule has 0 saturated carbocycles. The molecule has 0 unspecified atom stereocenters. The minimum absolute atomic E-state index is 0.103. The number of nitrogens with one attached hydrogen (secondary N) is 1. The van der Waals surface area contributed by atoms with E-state index in [1.165, 1.54) is 17.4 Å². The van der Waals surface area contributed by atoms with E-state index in [9.17, 15) is 9.18 Å². The van der Waals surface area contributed by atoms with Crippen LogP contribution in [-0.2, 0) is 0 Å². The van der Waals surface area contributed by atoms with Gasteiger partial charge < -0.3 is 15.1 Å². The van der Waals surface area contributed by atoms with E-state index in [1.807, 2.05) is 29.2 Å². The van der Waals surface area contributed by atoms with Crippen molar-refractivity contribution in [1.29, 1.82) is 0 Å². The maximum atomic E-state index is 13.9. The number of benzene rings is 1. The first kappa shape index (κ1) is 17.4. The molecule has 6 nitrogen and oxygen atoms in total. The minimum Gasteiger partial charge on any atom is -0.366 e. The summed E-state index contributed by atoms with van der Waals surface area (Å²) in [7, 11) is 0. The molecule has 138 valence electrons. The van der Waals surface area contributed by atoms with Crippen LogP contribution in [0.15, 0.2) is 54.0 Å². The normalized spacial score (nSPS) is 14.3. The standard InChI is InChI=1S/C19H18FN5OS/c20-14-5-1-2-6-16(14)24-9-11-25(12-10-24)18(26)15-13-27-19(22-15)23-17-7-3-4-8-21-17/h1-8,13H,9-12H2,(H,21,22,23). The first-order valence-corrected chi connectivity index (χ1v) is 9.51. The van der Waals surface area contributed by atoms with Crippen molar-refractivity contribution in [2.45, 2.75) is 0 Å². The molecule has 2 aromatic heterocycles. The van der Waals surface area contributed by atoms with Gasteiger partial charge in [0, 0.05) is 37.8 Å². The molecule has 0 atom stereocenters. The summed E-state index contributed by atoms with van der Waals surface area (Å²) in [6.45, 7) is 2.26. The molecule has 3 heterocycles. The van der Waals surface area contributed by atoms with Gasteiger partial charge in [-0.2, -0.15) is 0 Å². The van der Waals surface area contributed by atoms with Crippen molar-refractivity contribution in [2.24, 2.45) is 0 Å². The molecule has 0 bridgehead atoms. The number of nitrogens with zero attached hydrogens (tertiary/aromatic N) is 4. The molecule has 0 spiro atoms. The Balaban J connectivity index is 1.38. The molecule has 8 heteroatoms. The van der Waals surface area contributed by atoms with Crippen LogP contribution in [0.1, 0.15) is 10.5 Å². The predicted octanol–water partition coefficient (Wildman–Crippen LogP) is 3.38. The molecule has 1 fully saturated rings. The van der Waals surface area contributed by atoms with Crippen molar-refractivity contribution in [3.05, 3.63) is 65.6 Å². The van der Waals surface area contributed by atoms with E-state index < -0.39 is 0 Å². The Bertz CT molecular complexity index is 925. The maximum absolute atomic E-state index is 13.9. The Morgan fingerprint density at radius 2 is 1.85 bits per heavy atom. The first-order chi connectivity index (χ1) is 13.2. The molecule has 1 aromatic carbocycles. The number of thiazole rings is 1. The lowest BCUT2D eigenvalue weighted by Crippen LogP contribution is -2.49. The number of halogens is 1. The number of hydrogen-bond donors (Lipinski definition) is 1. The van der Waals surface area contributed by atoms with E-state index in [4.69, 9.17) is 0 Å². The molecule has 1 saturated heterocycles. The second kappa shape index (κ2) is 7.71. The van der Waals surface area contributed by atoms with Gasteiger partial charge in [-0.1, -0.05) is 18.2 Å². The van der Waals surface area contributed by atoms with Crippen LogP contribution in [0, 0.1) is 5.82 Å². The van der Waals surface area contributed by atoms with E-state index in [2.05, 4.69) is 15.3 Å². The number of carbonyl (C=O) groups excluding carboxylic acids is 1. The fraction of sp³-hybridized carbons (Fsp3) is 0.211. The number of rotatable bonds is 4. The third-order valence-corrected chi connectivity index (χ3v) is 5.14. The number of pyridine rings is 1. The molecule has 0 radical (unpaired) electrons. The van der Waals surface area contributed by atoms with Crippen LogP contribution in [-0.4, -0.2) is 47.0 Å². The smallest absolute Gasteiger partial charge is 0.273 e. The fourth-order valence-corrected chi connectivity index (χ4v) is 3.69. The van der Waals surface area contributed by atoms with Gasteiger partial charge in [0.15, 0.2) is 5.13 Å². The molecule has 1 aliphatic heterocycles. The maximum Gasteiger partial charge on any atom is 0.273 e. The van der Waals surface area contributed by atoms with Crippen LogP contribution >= 0.6 is 11.3 Å². The monoisotopic (exact) mass is 383 g/mol. The van der Waals surface area contributed by atoms with Gasteiger partial charge in [-0.25, -0.2) is 14.4 Å². The van der Waals surface area contributed by atoms with Gasteiger partial charge in [-0.15, -0.1) is 11.3 Å². The van der Waals surface area contributed by atoms with E-state index >= 15 is 0 Å². The van der Waals surface area contributed by atoms with Gasteiger partial charge >= 0.3 is 0 Å². The van der Waals surface area contributed by atoms with Gasteiger partial charge in [-0.3, -0.25) is 4.79 Å². The van der Waals surface area contributed by atoms with Crippen LogP contribution in [0.2, 0.25) is 0 Å². The summed E-state index contributed by atoms with van der Waals surface area (Å²) in [6, 6.07) is 12.3. The summed E-state index contributed by atoms with van der Waals surface area (Å²) < 4.78 is 13.9. The Labute approximate surface area is 160 Å². The van der Waals surface area contributed by atoms with Gasteiger partial charge in [0.2, 0.25) is 0 Å². The highest BCUT2D eigenvalue weighted by molar-refractivity contribution is 7.14. The SMILES string of the molecule is O=C(c1csc(Nc2ccccn2)n1)N1CCN(c2ccccc2F)CC1. The predicted molar refractivity (Wildman–Crippen MR) is 104 cm³/mol. The molecule has 0 aliphatic carbocycles. The van der Waals surface area contributed by atoms with Crippen LogP contribution in [0.3, 0.4) is 0 Å².